The zero-order chi connectivity index (χ0) is 11.5. The van der Waals surface area contributed by atoms with Crippen LogP contribution in [0.5, 0.6) is 0 Å². The van der Waals surface area contributed by atoms with Crippen LogP contribution >= 0.6 is 0 Å². The topological polar surface area (TPSA) is 52.6 Å². The molecule has 0 radical (unpaired) electrons. The minimum Gasteiger partial charge on any atom is -0.393 e. The standard InChI is InChI=1S/C12H22N2O2/c1-9(12(16)14-4-2-3-5-14)13-8-10-6-11(15)7-10/h9-11,13,15H,2-8H2,1H3. The van der Waals surface area contributed by atoms with Crippen molar-refractivity contribution in [3.8, 4) is 0 Å². The molecule has 92 valence electrons. The van der Waals surface area contributed by atoms with Crippen LogP contribution in [0.4, 0.5) is 0 Å². The first kappa shape index (κ1) is 11.9. The summed E-state index contributed by atoms with van der Waals surface area (Å²) in [5.41, 5.74) is 0. The van der Waals surface area contributed by atoms with E-state index in [9.17, 15) is 4.79 Å². The Morgan fingerprint density at radius 2 is 2.06 bits per heavy atom. The lowest BCUT2D eigenvalue weighted by molar-refractivity contribution is -0.132. The number of hydrogen-bond acceptors (Lipinski definition) is 3. The smallest absolute Gasteiger partial charge is 0.239 e. The summed E-state index contributed by atoms with van der Waals surface area (Å²) in [4.78, 5) is 13.9. The van der Waals surface area contributed by atoms with Gasteiger partial charge >= 0.3 is 0 Å². The highest BCUT2D eigenvalue weighted by atomic mass is 16.3. The molecule has 1 aliphatic heterocycles. The molecular weight excluding hydrogens is 204 g/mol. The summed E-state index contributed by atoms with van der Waals surface area (Å²) in [5, 5.41) is 12.4. The molecule has 0 aromatic carbocycles. The van der Waals surface area contributed by atoms with Crippen molar-refractivity contribution in [3.63, 3.8) is 0 Å². The maximum absolute atomic E-state index is 11.9. The number of rotatable bonds is 4. The van der Waals surface area contributed by atoms with E-state index in [1.54, 1.807) is 0 Å². The molecular formula is C12H22N2O2. The largest absolute Gasteiger partial charge is 0.393 e. The molecule has 16 heavy (non-hydrogen) atoms. The Morgan fingerprint density at radius 1 is 1.44 bits per heavy atom. The van der Waals surface area contributed by atoms with Crippen LogP contribution in [0.25, 0.3) is 0 Å². The second-order valence-electron chi connectivity index (χ2n) is 5.15. The van der Waals surface area contributed by atoms with Gasteiger partial charge < -0.3 is 15.3 Å². The van der Waals surface area contributed by atoms with Gasteiger partial charge in [-0.3, -0.25) is 4.79 Å². The molecule has 1 saturated carbocycles. The van der Waals surface area contributed by atoms with Crippen LogP contribution in [0.15, 0.2) is 0 Å². The van der Waals surface area contributed by atoms with Gasteiger partial charge in [0.05, 0.1) is 12.1 Å². The van der Waals surface area contributed by atoms with Gasteiger partial charge in [-0.05, 0) is 45.1 Å². The fourth-order valence-electron chi connectivity index (χ4n) is 2.51. The number of nitrogens with zero attached hydrogens (tertiary/aromatic N) is 1. The molecule has 2 aliphatic rings. The molecule has 0 bridgehead atoms. The van der Waals surface area contributed by atoms with Crippen LogP contribution in [0.3, 0.4) is 0 Å². The van der Waals surface area contributed by atoms with Crippen LogP contribution < -0.4 is 5.32 Å². The molecule has 1 saturated heterocycles. The van der Waals surface area contributed by atoms with Crippen LogP contribution in [0, 0.1) is 5.92 Å². The third-order valence-electron chi connectivity index (χ3n) is 3.71. The third kappa shape index (κ3) is 2.74. The van der Waals surface area contributed by atoms with E-state index in [0.29, 0.717) is 5.92 Å². The fourth-order valence-corrected chi connectivity index (χ4v) is 2.51. The summed E-state index contributed by atoms with van der Waals surface area (Å²) in [6.45, 7) is 4.65. The van der Waals surface area contributed by atoms with Gasteiger partial charge in [-0.15, -0.1) is 0 Å². The van der Waals surface area contributed by atoms with Crippen LogP contribution in [0.2, 0.25) is 0 Å². The lowest BCUT2D eigenvalue weighted by atomic mass is 9.82. The van der Waals surface area contributed by atoms with Crippen LogP contribution in [-0.2, 0) is 4.79 Å². The molecule has 2 fully saturated rings. The van der Waals surface area contributed by atoms with Gasteiger partial charge in [0.1, 0.15) is 0 Å². The summed E-state index contributed by atoms with van der Waals surface area (Å²) in [6, 6.07) is -0.0733. The molecule has 0 aromatic heterocycles. The average molecular weight is 226 g/mol. The van der Waals surface area contributed by atoms with Gasteiger partial charge in [0.2, 0.25) is 5.91 Å². The number of carbonyl (C=O) groups is 1. The summed E-state index contributed by atoms with van der Waals surface area (Å²) < 4.78 is 0. The molecule has 1 aliphatic carbocycles. The highest BCUT2D eigenvalue weighted by molar-refractivity contribution is 5.81. The molecule has 1 amide bonds. The number of aliphatic hydroxyl groups is 1. The van der Waals surface area contributed by atoms with Gasteiger partial charge in [0.15, 0.2) is 0 Å². The van der Waals surface area contributed by atoms with Gasteiger partial charge in [-0.2, -0.15) is 0 Å². The van der Waals surface area contributed by atoms with E-state index in [4.69, 9.17) is 5.11 Å². The Hall–Kier alpha value is -0.610. The number of amides is 1. The van der Waals surface area contributed by atoms with Gasteiger partial charge in [0.25, 0.3) is 0 Å². The number of nitrogens with one attached hydrogen (secondary N) is 1. The van der Waals surface area contributed by atoms with E-state index < -0.39 is 0 Å². The zero-order valence-corrected chi connectivity index (χ0v) is 9.98. The van der Waals surface area contributed by atoms with Crippen LogP contribution in [0.1, 0.15) is 32.6 Å². The predicted molar refractivity (Wildman–Crippen MR) is 62.0 cm³/mol. The molecule has 2 rings (SSSR count). The van der Waals surface area contributed by atoms with Crippen molar-refractivity contribution >= 4 is 5.91 Å². The van der Waals surface area contributed by atoms with Crippen molar-refractivity contribution in [3.05, 3.63) is 0 Å². The van der Waals surface area contributed by atoms with E-state index >= 15 is 0 Å². The predicted octanol–water partition coefficient (Wildman–Crippen LogP) is 0.358. The molecule has 0 aromatic rings. The SMILES string of the molecule is CC(NCC1CC(O)C1)C(=O)N1CCCC1. The zero-order valence-electron chi connectivity index (χ0n) is 9.98. The van der Waals surface area contributed by atoms with Gasteiger partial charge in [-0.25, -0.2) is 0 Å². The van der Waals surface area contributed by atoms with Crippen LogP contribution in [-0.4, -0.2) is 47.7 Å². The Balaban J connectivity index is 1.66. The van der Waals surface area contributed by atoms with E-state index in [-0.39, 0.29) is 18.1 Å². The second kappa shape index (κ2) is 5.15. The molecule has 4 heteroatoms. The van der Waals surface area contributed by atoms with Crippen molar-refractivity contribution in [1.29, 1.82) is 0 Å². The number of likely N-dealkylation sites (tertiary alicyclic amines) is 1. The Labute approximate surface area is 97.0 Å². The quantitative estimate of drug-likeness (QED) is 0.727. The van der Waals surface area contributed by atoms with Crippen molar-refractivity contribution in [2.45, 2.75) is 44.8 Å². The summed E-state index contributed by atoms with van der Waals surface area (Å²) >= 11 is 0. The number of aliphatic hydroxyl groups excluding tert-OH is 1. The Bertz CT molecular complexity index is 245. The number of hydrogen-bond donors (Lipinski definition) is 2. The number of carbonyl (C=O) groups excluding carboxylic acids is 1. The molecule has 1 heterocycles. The summed E-state index contributed by atoms with van der Waals surface area (Å²) in [5.74, 6) is 0.793. The summed E-state index contributed by atoms with van der Waals surface area (Å²) in [6.07, 6.45) is 3.96. The maximum atomic E-state index is 11.9. The summed E-state index contributed by atoms with van der Waals surface area (Å²) in [7, 11) is 0. The first-order chi connectivity index (χ1) is 7.66. The van der Waals surface area contributed by atoms with Gasteiger partial charge in [-0.1, -0.05) is 0 Å². The Kier molecular flexibility index (Phi) is 3.82. The van der Waals surface area contributed by atoms with Crippen molar-refractivity contribution < 1.29 is 9.90 Å². The highest BCUT2D eigenvalue weighted by Gasteiger charge is 2.28. The fraction of sp³-hybridized carbons (Fsp3) is 0.917. The van der Waals surface area contributed by atoms with Gasteiger partial charge in [0, 0.05) is 13.1 Å². The highest BCUT2D eigenvalue weighted by Crippen LogP contribution is 2.26. The minimum atomic E-state index is -0.101. The molecule has 0 spiro atoms. The monoisotopic (exact) mass is 226 g/mol. The maximum Gasteiger partial charge on any atom is 0.239 e. The Morgan fingerprint density at radius 3 is 2.62 bits per heavy atom. The second-order valence-corrected chi connectivity index (χ2v) is 5.15. The first-order valence-electron chi connectivity index (χ1n) is 6.37. The van der Waals surface area contributed by atoms with E-state index in [0.717, 1.165) is 45.3 Å². The molecule has 1 atom stereocenters. The van der Waals surface area contributed by atoms with Crippen molar-refractivity contribution in [2.24, 2.45) is 5.92 Å². The molecule has 2 N–H and O–H groups in total. The minimum absolute atomic E-state index is 0.0733. The van der Waals surface area contributed by atoms with Crippen molar-refractivity contribution in [1.82, 2.24) is 10.2 Å². The average Bonchev–Trinajstić information content (AvgIpc) is 2.74. The molecule has 4 nitrogen and oxygen atoms in total. The van der Waals surface area contributed by atoms with E-state index in [2.05, 4.69) is 5.32 Å². The van der Waals surface area contributed by atoms with E-state index in [1.807, 2.05) is 11.8 Å². The third-order valence-corrected chi connectivity index (χ3v) is 3.71. The lowest BCUT2D eigenvalue weighted by Gasteiger charge is -2.32. The lowest BCUT2D eigenvalue weighted by Crippen LogP contribution is -2.47. The van der Waals surface area contributed by atoms with E-state index in [1.165, 1.54) is 0 Å². The molecule has 1 unspecified atom stereocenters. The van der Waals surface area contributed by atoms with Crippen molar-refractivity contribution in [2.75, 3.05) is 19.6 Å². The normalized spacial score (nSPS) is 31.2. The first-order valence-corrected chi connectivity index (χ1v) is 6.37.